The summed E-state index contributed by atoms with van der Waals surface area (Å²) in [4.78, 5) is 5.04. The first-order valence-corrected chi connectivity index (χ1v) is 14.9. The topological polar surface area (TPSA) is 17.3 Å². The average molecular weight is 511 g/mol. The molecule has 0 aliphatic heterocycles. The molecule has 2 nitrogen and oxygen atoms in total. The average Bonchev–Trinajstić information content (AvgIpc) is 3.69. The van der Waals surface area contributed by atoms with Crippen LogP contribution in [-0.2, 0) is 6.42 Å². The van der Waals surface area contributed by atoms with Crippen LogP contribution in [0.2, 0.25) is 0 Å². The van der Waals surface area contributed by atoms with E-state index in [1.54, 1.807) is 11.1 Å². The first-order chi connectivity index (χ1) is 19.8. The van der Waals surface area contributed by atoms with Gasteiger partial charge in [-0.25, -0.2) is 0 Å². The van der Waals surface area contributed by atoms with Crippen molar-refractivity contribution in [3.05, 3.63) is 106 Å². The molecule has 3 aromatic heterocycles. The molecule has 40 heavy (non-hydrogen) atoms. The van der Waals surface area contributed by atoms with Gasteiger partial charge in [0.1, 0.15) is 0 Å². The fourth-order valence-corrected chi connectivity index (χ4v) is 9.06. The molecule has 2 unspecified atom stereocenters. The van der Waals surface area contributed by atoms with Crippen LogP contribution in [-0.4, -0.2) is 9.38 Å². The molecule has 4 aliphatic rings. The Hall–Kier alpha value is -4.43. The molecule has 0 N–H and O–H groups in total. The molecule has 7 aromatic rings. The highest BCUT2D eigenvalue weighted by molar-refractivity contribution is 6.30. The molecule has 0 saturated heterocycles. The quantitative estimate of drug-likeness (QED) is 0.215. The van der Waals surface area contributed by atoms with Crippen LogP contribution in [0.15, 0.2) is 72.4 Å². The summed E-state index contributed by atoms with van der Waals surface area (Å²) in [6.45, 7) is 2.31. The van der Waals surface area contributed by atoms with E-state index in [1.807, 2.05) is 0 Å². The second kappa shape index (κ2) is 6.64. The normalized spacial score (nSPS) is 20.0. The van der Waals surface area contributed by atoms with E-state index in [9.17, 15) is 0 Å². The molecule has 2 atom stereocenters. The highest BCUT2D eigenvalue weighted by atomic mass is 14.9. The van der Waals surface area contributed by atoms with Gasteiger partial charge in [0.2, 0.25) is 0 Å². The molecule has 0 amide bonds. The van der Waals surface area contributed by atoms with Gasteiger partial charge in [-0.05, 0) is 93.6 Å². The van der Waals surface area contributed by atoms with Crippen LogP contribution < -0.4 is 0 Å². The Kier molecular flexibility index (Phi) is 3.40. The minimum atomic E-state index is 0.430. The van der Waals surface area contributed by atoms with E-state index < -0.39 is 0 Å². The number of pyridine rings is 1. The number of rotatable bonds is 1. The van der Waals surface area contributed by atoms with Crippen LogP contribution in [0.5, 0.6) is 0 Å². The molecule has 1 fully saturated rings. The Morgan fingerprint density at radius 3 is 2.70 bits per heavy atom. The molecule has 3 heterocycles. The van der Waals surface area contributed by atoms with Crippen molar-refractivity contribution in [3.63, 3.8) is 0 Å². The lowest BCUT2D eigenvalue weighted by Gasteiger charge is -2.27. The van der Waals surface area contributed by atoms with Crippen LogP contribution in [0.4, 0.5) is 0 Å². The SMILES string of the molecule is CCC1C=Cc2ncc3c(c21)c1cc2c(c4c5c6c(ccc5n3c14)C=C1CCC16)-c1cccc3cccc(c13)C2. The van der Waals surface area contributed by atoms with Gasteiger partial charge in [-0.2, -0.15) is 0 Å². The van der Waals surface area contributed by atoms with Gasteiger partial charge in [0.25, 0.3) is 0 Å². The molecular formula is C38H26N2. The van der Waals surface area contributed by atoms with Gasteiger partial charge in [-0.15, -0.1) is 0 Å². The largest absolute Gasteiger partial charge is 0.306 e. The third-order valence-electron chi connectivity index (χ3n) is 10.8. The lowest BCUT2D eigenvalue weighted by atomic mass is 9.76. The second-order valence-corrected chi connectivity index (χ2v) is 12.5. The molecule has 0 spiro atoms. The lowest BCUT2D eigenvalue weighted by molar-refractivity contribution is 0.584. The number of fused-ring (bicyclic) bond motifs is 15. The predicted octanol–water partition coefficient (Wildman–Crippen LogP) is 9.75. The zero-order valence-electron chi connectivity index (χ0n) is 22.4. The smallest absolute Gasteiger partial charge is 0.0728 e. The maximum absolute atomic E-state index is 5.04. The Bertz CT molecular complexity index is 2390. The summed E-state index contributed by atoms with van der Waals surface area (Å²) in [6, 6.07) is 21.1. The molecule has 4 aromatic carbocycles. The van der Waals surface area contributed by atoms with E-state index in [0.717, 1.165) is 18.5 Å². The number of allylic oxidation sites excluding steroid dienone is 2. The van der Waals surface area contributed by atoms with Crippen LogP contribution >= 0.6 is 0 Å². The van der Waals surface area contributed by atoms with Crippen LogP contribution in [0.25, 0.3) is 72.1 Å². The Morgan fingerprint density at radius 2 is 1.82 bits per heavy atom. The Morgan fingerprint density at radius 1 is 0.900 bits per heavy atom. The number of benzene rings is 4. The third-order valence-corrected chi connectivity index (χ3v) is 10.8. The van der Waals surface area contributed by atoms with Crippen molar-refractivity contribution in [2.75, 3.05) is 0 Å². The number of nitrogens with zero attached hydrogens (tertiary/aromatic N) is 2. The summed E-state index contributed by atoms with van der Waals surface area (Å²) >= 11 is 0. The monoisotopic (exact) mass is 510 g/mol. The van der Waals surface area contributed by atoms with Crippen molar-refractivity contribution >= 4 is 61.0 Å². The molecule has 0 bridgehead atoms. The highest BCUT2D eigenvalue weighted by Gasteiger charge is 2.37. The van der Waals surface area contributed by atoms with Crippen molar-refractivity contribution in [2.45, 2.75) is 44.4 Å². The summed E-state index contributed by atoms with van der Waals surface area (Å²) in [5.41, 5.74) is 17.1. The minimum Gasteiger partial charge on any atom is -0.306 e. The van der Waals surface area contributed by atoms with E-state index in [1.165, 1.54) is 95.1 Å². The molecule has 0 radical (unpaired) electrons. The number of hydrogen-bond acceptors (Lipinski definition) is 1. The van der Waals surface area contributed by atoms with Crippen molar-refractivity contribution in [3.8, 4) is 11.1 Å². The summed E-state index contributed by atoms with van der Waals surface area (Å²) in [7, 11) is 0. The van der Waals surface area contributed by atoms with Gasteiger partial charge < -0.3 is 4.40 Å². The molecule has 188 valence electrons. The van der Waals surface area contributed by atoms with Gasteiger partial charge >= 0.3 is 0 Å². The second-order valence-electron chi connectivity index (χ2n) is 12.5. The van der Waals surface area contributed by atoms with Crippen molar-refractivity contribution in [1.29, 1.82) is 0 Å². The summed E-state index contributed by atoms with van der Waals surface area (Å²) in [5.74, 6) is 1.02. The van der Waals surface area contributed by atoms with Gasteiger partial charge in [0.15, 0.2) is 0 Å². The van der Waals surface area contributed by atoms with E-state index in [4.69, 9.17) is 4.98 Å². The predicted molar refractivity (Wildman–Crippen MR) is 167 cm³/mol. The number of aromatic nitrogens is 2. The maximum Gasteiger partial charge on any atom is 0.0728 e. The molecular weight excluding hydrogens is 484 g/mol. The highest BCUT2D eigenvalue weighted by Crippen LogP contribution is 2.57. The van der Waals surface area contributed by atoms with Crippen LogP contribution in [0, 0.1) is 0 Å². The molecule has 1 saturated carbocycles. The van der Waals surface area contributed by atoms with E-state index >= 15 is 0 Å². The summed E-state index contributed by atoms with van der Waals surface area (Å²) in [6.07, 6.45) is 13.9. The van der Waals surface area contributed by atoms with Gasteiger partial charge in [-0.3, -0.25) is 4.98 Å². The fraction of sp³-hybridized carbons (Fsp3) is 0.184. The zero-order chi connectivity index (χ0) is 25.9. The Labute approximate surface area is 231 Å². The first-order valence-electron chi connectivity index (χ1n) is 14.9. The van der Waals surface area contributed by atoms with E-state index in [2.05, 4.69) is 90.3 Å². The third kappa shape index (κ3) is 2.12. The molecule has 4 aliphatic carbocycles. The van der Waals surface area contributed by atoms with Crippen LogP contribution in [0.3, 0.4) is 0 Å². The Balaban J connectivity index is 1.42. The summed E-state index contributed by atoms with van der Waals surface area (Å²) < 4.78 is 2.59. The van der Waals surface area contributed by atoms with Crippen LogP contribution in [0.1, 0.15) is 71.5 Å². The van der Waals surface area contributed by atoms with Crippen molar-refractivity contribution in [1.82, 2.24) is 9.38 Å². The zero-order valence-corrected chi connectivity index (χ0v) is 22.4. The summed E-state index contributed by atoms with van der Waals surface area (Å²) in [5, 5.41) is 8.61. The van der Waals surface area contributed by atoms with Gasteiger partial charge in [0.05, 0.1) is 28.4 Å². The maximum atomic E-state index is 5.04. The minimum absolute atomic E-state index is 0.430. The van der Waals surface area contributed by atoms with E-state index in [-0.39, 0.29) is 0 Å². The van der Waals surface area contributed by atoms with Gasteiger partial charge in [0, 0.05) is 33.4 Å². The van der Waals surface area contributed by atoms with E-state index in [0.29, 0.717) is 11.8 Å². The number of hydrogen-bond donors (Lipinski definition) is 0. The first kappa shape index (κ1) is 20.5. The van der Waals surface area contributed by atoms with Crippen molar-refractivity contribution in [2.24, 2.45) is 0 Å². The lowest BCUT2D eigenvalue weighted by Crippen LogP contribution is -2.10. The molecule has 11 rings (SSSR count). The standard InChI is InChI=1S/C38H26N2/c1-2-19-10-13-28-34(19)35-27-17-24-16-22-7-3-5-20-6-4-8-26(31(20)22)33(24)37-36-29(40(38(27)37)30(35)18-39-28)14-11-23-15-21-9-12-25(21)32(23)36/h3-8,10-11,13-15,17-19,25H,2,9,12,16H2,1H3. The fourth-order valence-electron chi connectivity index (χ4n) is 9.06. The van der Waals surface area contributed by atoms with Gasteiger partial charge in [-0.1, -0.05) is 67.1 Å². The molecule has 2 heteroatoms. The van der Waals surface area contributed by atoms with Crippen molar-refractivity contribution < 1.29 is 0 Å².